The number of thiocarbonyl (C=S) groups is 1. The van der Waals surface area contributed by atoms with Crippen LogP contribution in [0, 0.1) is 0 Å². The number of rotatable bonds is 0. The highest BCUT2D eigenvalue weighted by atomic mass is 32.1. The molecule has 1 aliphatic rings. The van der Waals surface area contributed by atoms with E-state index < -0.39 is 0 Å². The predicted molar refractivity (Wildman–Crippen MR) is 34.9 cm³/mol. The molecule has 1 saturated heterocycles. The molecule has 0 saturated carbocycles. The molecule has 1 aliphatic heterocycles. The lowest BCUT2D eigenvalue weighted by Gasteiger charge is -2.14. The maximum atomic E-state index is 5.04. The number of nitrogens with one attached hydrogen (secondary N) is 1. The predicted octanol–water partition coefficient (Wildman–Crippen LogP) is 0.0887. The monoisotopic (exact) mass is 129 g/mol. The second-order valence-electron chi connectivity index (χ2n) is 1.56. The molecule has 3 heteroatoms. The van der Waals surface area contributed by atoms with E-state index in [0.29, 0.717) is 6.61 Å². The molecule has 0 bridgehead atoms. The van der Waals surface area contributed by atoms with Crippen molar-refractivity contribution in [1.82, 2.24) is 5.32 Å². The Labute approximate surface area is 53.5 Å². The average Bonchev–Trinajstić information content (AvgIpc) is 1.90. The molecular formula is C5H7NOS. The first kappa shape index (κ1) is 5.76. The van der Waals surface area contributed by atoms with E-state index in [1.54, 1.807) is 0 Å². The average molecular weight is 129 g/mol. The molecule has 0 aliphatic carbocycles. The lowest BCUT2D eigenvalue weighted by Crippen LogP contribution is -2.28. The highest BCUT2D eigenvalue weighted by molar-refractivity contribution is 7.78. The summed E-state index contributed by atoms with van der Waals surface area (Å²) in [5, 5.41) is 5.61. The van der Waals surface area contributed by atoms with E-state index in [9.17, 15) is 0 Å². The summed E-state index contributed by atoms with van der Waals surface area (Å²) in [7, 11) is 0. The molecule has 0 aromatic carbocycles. The minimum atomic E-state index is 0.601. The fraction of sp³-hybridized carbons (Fsp3) is 0.600. The molecule has 0 aromatic rings. The van der Waals surface area contributed by atoms with Gasteiger partial charge in [0.25, 0.3) is 0 Å². The van der Waals surface area contributed by atoms with Gasteiger partial charge >= 0.3 is 0 Å². The molecule has 1 fully saturated rings. The van der Waals surface area contributed by atoms with E-state index in [4.69, 9.17) is 4.74 Å². The summed E-state index contributed by atoms with van der Waals surface area (Å²) < 4.78 is 5.04. The van der Waals surface area contributed by atoms with Crippen molar-refractivity contribution in [1.29, 1.82) is 0 Å². The quantitative estimate of drug-likeness (QED) is 0.468. The normalized spacial score (nSPS) is 19.2. The van der Waals surface area contributed by atoms with Gasteiger partial charge in [0.05, 0.1) is 18.9 Å². The molecular weight excluding hydrogens is 122 g/mol. The van der Waals surface area contributed by atoms with E-state index in [-0.39, 0.29) is 0 Å². The lowest BCUT2D eigenvalue weighted by molar-refractivity contribution is 0.134. The van der Waals surface area contributed by atoms with Gasteiger partial charge in [0.2, 0.25) is 0 Å². The van der Waals surface area contributed by atoms with E-state index in [2.05, 4.69) is 22.6 Å². The van der Waals surface area contributed by atoms with Crippen LogP contribution >= 0.6 is 12.2 Å². The van der Waals surface area contributed by atoms with E-state index >= 15 is 0 Å². The minimum Gasteiger partial charge on any atom is -0.377 e. The summed E-state index contributed by atoms with van der Waals surface area (Å²) >= 11 is 4.54. The van der Waals surface area contributed by atoms with Gasteiger partial charge in [-0.1, -0.05) is 0 Å². The second-order valence-corrected chi connectivity index (χ2v) is 1.76. The number of hydrogen-bond acceptors (Lipinski definition) is 3. The Morgan fingerprint density at radius 2 is 2.62 bits per heavy atom. The Morgan fingerprint density at radius 3 is 3.00 bits per heavy atom. The first-order valence-electron chi connectivity index (χ1n) is 2.49. The van der Waals surface area contributed by atoms with Crippen LogP contribution in [0.4, 0.5) is 0 Å². The topological polar surface area (TPSA) is 21.3 Å². The van der Waals surface area contributed by atoms with Crippen molar-refractivity contribution in [2.45, 2.75) is 0 Å². The third-order valence-electron chi connectivity index (χ3n) is 0.954. The van der Waals surface area contributed by atoms with Crippen molar-refractivity contribution in [3.63, 3.8) is 0 Å². The van der Waals surface area contributed by atoms with Gasteiger partial charge in [0.1, 0.15) is 0 Å². The first-order chi connectivity index (χ1) is 3.93. The molecule has 1 heterocycles. The summed E-state index contributed by atoms with van der Waals surface area (Å²) in [4.78, 5) is 0. The standard InChI is InChI=1S/C5H7NOS/c8-4-5-3-7-2-1-6-5/h6H,1-3H2. The molecule has 8 heavy (non-hydrogen) atoms. The SMILES string of the molecule is S=C=C1COCCN1. The molecule has 0 unspecified atom stereocenters. The third kappa shape index (κ3) is 1.30. The van der Waals surface area contributed by atoms with Gasteiger partial charge < -0.3 is 10.1 Å². The molecule has 1 N–H and O–H groups in total. The second kappa shape index (κ2) is 2.82. The van der Waals surface area contributed by atoms with Crippen molar-refractivity contribution >= 4 is 17.2 Å². The van der Waals surface area contributed by atoms with Crippen LogP contribution < -0.4 is 5.32 Å². The summed E-state index contributed by atoms with van der Waals surface area (Å²) in [5.74, 6) is 0. The number of morpholine rings is 1. The van der Waals surface area contributed by atoms with Crippen molar-refractivity contribution in [2.24, 2.45) is 0 Å². The van der Waals surface area contributed by atoms with Crippen LogP contribution in [0.25, 0.3) is 0 Å². The zero-order valence-electron chi connectivity index (χ0n) is 4.44. The van der Waals surface area contributed by atoms with Crippen LogP contribution in [-0.2, 0) is 4.74 Å². The highest BCUT2D eigenvalue weighted by Crippen LogP contribution is 1.90. The van der Waals surface area contributed by atoms with E-state index in [1.165, 1.54) is 0 Å². The number of hydrogen-bond donors (Lipinski definition) is 1. The van der Waals surface area contributed by atoms with Crippen LogP contribution in [-0.4, -0.2) is 24.8 Å². The third-order valence-corrected chi connectivity index (χ3v) is 1.20. The molecule has 44 valence electrons. The van der Waals surface area contributed by atoms with Gasteiger partial charge in [-0.15, -0.1) is 0 Å². The highest BCUT2D eigenvalue weighted by Gasteiger charge is 2.00. The first-order valence-corrected chi connectivity index (χ1v) is 2.90. The molecule has 1 rings (SSSR count). The van der Waals surface area contributed by atoms with Gasteiger partial charge in [-0.3, -0.25) is 0 Å². The molecule has 0 atom stereocenters. The van der Waals surface area contributed by atoms with Crippen LogP contribution in [0.5, 0.6) is 0 Å². The van der Waals surface area contributed by atoms with E-state index in [0.717, 1.165) is 18.8 Å². The minimum absolute atomic E-state index is 0.601. The molecule has 0 amide bonds. The summed E-state index contributed by atoms with van der Waals surface area (Å²) in [6.07, 6.45) is 0. The fourth-order valence-electron chi connectivity index (χ4n) is 0.565. The van der Waals surface area contributed by atoms with Gasteiger partial charge in [-0.2, -0.15) is 0 Å². The van der Waals surface area contributed by atoms with E-state index in [1.807, 2.05) is 0 Å². The summed E-state index contributed by atoms with van der Waals surface area (Å²) in [5.41, 5.74) is 0.895. The van der Waals surface area contributed by atoms with Crippen LogP contribution in [0.3, 0.4) is 0 Å². The van der Waals surface area contributed by atoms with Crippen molar-refractivity contribution < 1.29 is 4.74 Å². The summed E-state index contributed by atoms with van der Waals surface area (Å²) in [6, 6.07) is 0. The molecule has 0 spiro atoms. The molecule has 0 radical (unpaired) electrons. The Kier molecular flexibility index (Phi) is 2.03. The van der Waals surface area contributed by atoms with Crippen molar-refractivity contribution in [3.8, 4) is 0 Å². The Bertz CT molecular complexity index is 120. The summed E-state index contributed by atoms with van der Waals surface area (Å²) in [6.45, 7) is 2.24. The maximum Gasteiger partial charge on any atom is 0.0947 e. The fourth-order valence-corrected chi connectivity index (χ4v) is 0.696. The largest absolute Gasteiger partial charge is 0.377 e. The van der Waals surface area contributed by atoms with Gasteiger partial charge in [-0.05, 0) is 17.2 Å². The lowest BCUT2D eigenvalue weighted by atomic mass is 10.4. The van der Waals surface area contributed by atoms with Crippen LogP contribution in [0.1, 0.15) is 0 Å². The Hall–Kier alpha value is -0.370. The van der Waals surface area contributed by atoms with Crippen molar-refractivity contribution in [2.75, 3.05) is 19.8 Å². The van der Waals surface area contributed by atoms with Gasteiger partial charge in [-0.25, -0.2) is 0 Å². The Morgan fingerprint density at radius 1 is 1.75 bits per heavy atom. The maximum absolute atomic E-state index is 5.04. The number of ether oxygens (including phenoxy) is 1. The zero-order chi connectivity index (χ0) is 5.82. The zero-order valence-corrected chi connectivity index (χ0v) is 5.25. The van der Waals surface area contributed by atoms with Gasteiger partial charge in [0.15, 0.2) is 0 Å². The van der Waals surface area contributed by atoms with Crippen LogP contribution in [0.15, 0.2) is 5.70 Å². The molecule has 2 nitrogen and oxygen atoms in total. The van der Waals surface area contributed by atoms with Gasteiger partial charge in [0, 0.05) is 6.54 Å². The molecule has 0 aromatic heterocycles. The van der Waals surface area contributed by atoms with Crippen LogP contribution in [0.2, 0.25) is 0 Å². The smallest absolute Gasteiger partial charge is 0.0947 e. The Balaban J connectivity index is 2.45. The van der Waals surface area contributed by atoms with Crippen molar-refractivity contribution in [3.05, 3.63) is 5.70 Å².